The van der Waals surface area contributed by atoms with Gasteiger partial charge in [0.15, 0.2) is 0 Å². The quantitative estimate of drug-likeness (QED) is 0.510. The molecule has 0 unspecified atom stereocenters. The Kier molecular flexibility index (Phi) is 3.30. The Hall–Kier alpha value is -0.513. The number of nitrogens with zero attached hydrogens (tertiary/aromatic N) is 1. The number of carbonyl (C=O) groups excluding carboxylic acids is 1. The minimum Gasteiger partial charge on any atom is -0.507 e. The average molecular weight is 147 g/mol. The van der Waals surface area contributed by atoms with E-state index in [9.17, 15) is 4.79 Å². The number of hydrogen-bond acceptors (Lipinski definition) is 2. The van der Waals surface area contributed by atoms with Gasteiger partial charge in [0.05, 0.1) is 0 Å². The van der Waals surface area contributed by atoms with Gasteiger partial charge in [0.1, 0.15) is 0 Å². The van der Waals surface area contributed by atoms with Crippen LogP contribution in [0, 0.1) is 0 Å². The third-order valence-corrected chi connectivity index (χ3v) is 1.37. The van der Waals surface area contributed by atoms with Crippen molar-refractivity contribution in [3.05, 3.63) is 0 Å². The third kappa shape index (κ3) is 4.02. The molecule has 0 N–H and O–H groups in total. The Balaban J connectivity index is 3.51. The van der Waals surface area contributed by atoms with Crippen molar-refractivity contribution in [2.45, 2.75) is 13.1 Å². The summed E-state index contributed by atoms with van der Waals surface area (Å²) >= 11 is 0. The van der Waals surface area contributed by atoms with E-state index in [0.29, 0.717) is 0 Å². The first-order valence-electron chi connectivity index (χ1n) is 2.92. The van der Waals surface area contributed by atoms with Crippen LogP contribution in [0.4, 0.5) is 4.79 Å². The molecule has 0 heterocycles. The van der Waals surface area contributed by atoms with Crippen LogP contribution in [0.2, 0.25) is 13.1 Å². The van der Waals surface area contributed by atoms with Crippen molar-refractivity contribution in [1.29, 1.82) is 0 Å². The number of carbonyl (C=O) groups is 1. The molecule has 0 fully saturated rings. The van der Waals surface area contributed by atoms with Crippen molar-refractivity contribution in [1.82, 2.24) is 4.90 Å². The van der Waals surface area contributed by atoms with Crippen LogP contribution < -0.4 is 0 Å². The monoisotopic (exact) mass is 147 g/mol. The highest BCUT2D eigenvalue weighted by atomic mass is 28.3. The zero-order chi connectivity index (χ0) is 7.44. The molecule has 54 valence electrons. The summed E-state index contributed by atoms with van der Waals surface area (Å²) in [6.45, 7) is 3.92. The van der Waals surface area contributed by atoms with Crippen molar-refractivity contribution in [3.8, 4) is 0 Å². The van der Waals surface area contributed by atoms with Crippen molar-refractivity contribution in [3.63, 3.8) is 0 Å². The van der Waals surface area contributed by atoms with Crippen molar-refractivity contribution in [2.24, 2.45) is 0 Å². The second-order valence-corrected chi connectivity index (χ2v) is 4.66. The Labute approximate surface area is 57.3 Å². The van der Waals surface area contributed by atoms with Gasteiger partial charge in [-0.2, -0.15) is 0 Å². The smallest absolute Gasteiger partial charge is 0.395 e. The topological polar surface area (TPSA) is 29.5 Å². The van der Waals surface area contributed by atoms with Crippen LogP contribution >= 0.6 is 0 Å². The first kappa shape index (κ1) is 8.49. The van der Waals surface area contributed by atoms with Crippen LogP contribution in [-0.2, 0) is 4.43 Å². The SMILES string of the molecule is CN(C)C(=O)O[SiH](C)C. The summed E-state index contributed by atoms with van der Waals surface area (Å²) < 4.78 is 4.94. The van der Waals surface area contributed by atoms with E-state index in [1.54, 1.807) is 14.1 Å². The predicted molar refractivity (Wildman–Crippen MR) is 39.0 cm³/mol. The van der Waals surface area contributed by atoms with Crippen molar-refractivity contribution in [2.75, 3.05) is 14.1 Å². The summed E-state index contributed by atoms with van der Waals surface area (Å²) in [4.78, 5) is 12.1. The van der Waals surface area contributed by atoms with E-state index in [-0.39, 0.29) is 6.09 Å². The fourth-order valence-corrected chi connectivity index (χ4v) is 0.921. The Morgan fingerprint density at radius 3 is 2.00 bits per heavy atom. The fourth-order valence-electron chi connectivity index (χ4n) is 0.307. The molecular formula is C5H13NO2Si. The van der Waals surface area contributed by atoms with E-state index in [1.807, 2.05) is 13.1 Å². The zero-order valence-corrected chi connectivity index (χ0v) is 7.50. The van der Waals surface area contributed by atoms with Crippen LogP contribution in [0.3, 0.4) is 0 Å². The summed E-state index contributed by atoms with van der Waals surface area (Å²) in [7, 11) is 2.18. The fraction of sp³-hybridized carbons (Fsp3) is 0.800. The highest BCUT2D eigenvalue weighted by Crippen LogP contribution is 1.89. The molecule has 4 heteroatoms. The summed E-state index contributed by atoms with van der Waals surface area (Å²) in [6.07, 6.45) is -0.225. The highest BCUT2D eigenvalue weighted by molar-refractivity contribution is 6.50. The molecule has 0 aliphatic carbocycles. The molecule has 0 aromatic heterocycles. The van der Waals surface area contributed by atoms with E-state index in [0.717, 1.165) is 0 Å². The lowest BCUT2D eigenvalue weighted by Crippen LogP contribution is -2.27. The molecule has 0 aromatic carbocycles. The lowest BCUT2D eigenvalue weighted by Gasteiger charge is -2.12. The van der Waals surface area contributed by atoms with Crippen LogP contribution in [-0.4, -0.2) is 34.1 Å². The molecule has 0 aliphatic heterocycles. The summed E-state index contributed by atoms with van der Waals surface area (Å²) in [6, 6.07) is 0. The molecule has 1 amide bonds. The standard InChI is InChI=1S/C5H13NO2Si/c1-6(2)5(7)8-9(3)4/h9H,1-4H3. The number of hydrogen-bond donors (Lipinski definition) is 0. The van der Waals surface area contributed by atoms with E-state index in [4.69, 9.17) is 4.43 Å². The third-order valence-electron chi connectivity index (χ3n) is 0.702. The maximum atomic E-state index is 10.7. The minimum absolute atomic E-state index is 0.225. The summed E-state index contributed by atoms with van der Waals surface area (Å²) in [5.74, 6) is 0. The van der Waals surface area contributed by atoms with E-state index >= 15 is 0 Å². The van der Waals surface area contributed by atoms with Crippen molar-refractivity contribution < 1.29 is 9.22 Å². The molecule has 0 atom stereocenters. The van der Waals surface area contributed by atoms with E-state index in [1.165, 1.54) is 4.90 Å². The first-order chi connectivity index (χ1) is 4.04. The van der Waals surface area contributed by atoms with Crippen LogP contribution in [0.5, 0.6) is 0 Å². The van der Waals surface area contributed by atoms with Crippen LogP contribution in [0.15, 0.2) is 0 Å². The maximum absolute atomic E-state index is 10.7. The summed E-state index contributed by atoms with van der Waals surface area (Å²) in [5.41, 5.74) is 0. The second-order valence-electron chi connectivity index (χ2n) is 2.33. The van der Waals surface area contributed by atoms with Gasteiger partial charge >= 0.3 is 6.09 Å². The van der Waals surface area contributed by atoms with Gasteiger partial charge in [-0.1, -0.05) is 0 Å². The molecular weight excluding hydrogens is 134 g/mol. The van der Waals surface area contributed by atoms with Gasteiger partial charge in [0, 0.05) is 14.1 Å². The van der Waals surface area contributed by atoms with E-state index in [2.05, 4.69) is 0 Å². The Bertz CT molecular complexity index is 103. The molecule has 0 bridgehead atoms. The van der Waals surface area contributed by atoms with Crippen LogP contribution in [0.1, 0.15) is 0 Å². The van der Waals surface area contributed by atoms with Gasteiger partial charge in [-0.3, -0.25) is 0 Å². The van der Waals surface area contributed by atoms with Gasteiger partial charge in [-0.05, 0) is 13.1 Å². The van der Waals surface area contributed by atoms with Crippen LogP contribution in [0.25, 0.3) is 0 Å². The molecule has 0 radical (unpaired) electrons. The normalized spacial score (nSPS) is 9.44. The maximum Gasteiger partial charge on any atom is 0.395 e. The predicted octanol–water partition coefficient (Wildman–Crippen LogP) is 0.668. The largest absolute Gasteiger partial charge is 0.507 e. The Morgan fingerprint density at radius 1 is 1.44 bits per heavy atom. The average Bonchev–Trinajstić information content (AvgIpc) is 1.63. The van der Waals surface area contributed by atoms with Gasteiger partial charge < -0.3 is 9.33 Å². The van der Waals surface area contributed by atoms with Gasteiger partial charge in [-0.25, -0.2) is 4.79 Å². The number of rotatable bonds is 1. The van der Waals surface area contributed by atoms with Gasteiger partial charge in [0.25, 0.3) is 0 Å². The molecule has 0 spiro atoms. The highest BCUT2D eigenvalue weighted by Gasteiger charge is 2.06. The van der Waals surface area contributed by atoms with Crippen molar-refractivity contribution >= 4 is 15.1 Å². The Morgan fingerprint density at radius 2 is 1.89 bits per heavy atom. The molecule has 0 saturated carbocycles. The molecule has 0 aliphatic rings. The molecule has 0 rings (SSSR count). The van der Waals surface area contributed by atoms with E-state index < -0.39 is 9.04 Å². The summed E-state index contributed by atoms with van der Waals surface area (Å²) in [5, 5.41) is 0. The zero-order valence-electron chi connectivity index (χ0n) is 6.34. The number of amides is 1. The molecule has 0 saturated heterocycles. The minimum atomic E-state index is -1.18. The van der Waals surface area contributed by atoms with Gasteiger partial charge in [0.2, 0.25) is 9.04 Å². The molecule has 9 heavy (non-hydrogen) atoms. The second kappa shape index (κ2) is 3.50. The molecule has 0 aromatic rings. The van der Waals surface area contributed by atoms with Gasteiger partial charge in [-0.15, -0.1) is 0 Å². The first-order valence-corrected chi connectivity index (χ1v) is 5.70. The lowest BCUT2D eigenvalue weighted by molar-refractivity contribution is 0.172. The molecule has 3 nitrogen and oxygen atoms in total. The lowest BCUT2D eigenvalue weighted by atomic mass is 10.9.